The molecule has 0 radical (unpaired) electrons. The van der Waals surface area contributed by atoms with Crippen molar-refractivity contribution in [3.8, 4) is 11.5 Å². The molecule has 1 amide bonds. The first kappa shape index (κ1) is 23.5. The number of ether oxygens (including phenoxy) is 2. The van der Waals surface area contributed by atoms with E-state index in [9.17, 15) is 9.59 Å². The van der Waals surface area contributed by atoms with Gasteiger partial charge in [-0.3, -0.25) is 9.69 Å². The molecule has 0 aromatic heterocycles. The third kappa shape index (κ3) is 5.29. The lowest BCUT2D eigenvalue weighted by molar-refractivity contribution is -0.113. The lowest BCUT2D eigenvalue weighted by atomic mass is 10.1. The second-order valence-corrected chi connectivity index (χ2v) is 9.70. The number of thiocarbonyl (C=S) groups is 1. The number of para-hydroxylation sites is 1. The van der Waals surface area contributed by atoms with Crippen LogP contribution in [0.5, 0.6) is 11.5 Å². The molecule has 166 valence electrons. The average molecular weight is 587 g/mol. The minimum absolute atomic E-state index is 0.177. The second kappa shape index (κ2) is 10.5. The molecule has 1 heterocycles. The Balaban J connectivity index is 1.59. The zero-order valence-corrected chi connectivity index (χ0v) is 21.3. The molecule has 0 bridgehead atoms. The van der Waals surface area contributed by atoms with Crippen molar-refractivity contribution in [3.05, 3.63) is 92.4 Å². The number of anilines is 1. The highest BCUT2D eigenvalue weighted by atomic mass is 127. The summed E-state index contributed by atoms with van der Waals surface area (Å²) in [6.07, 6.45) is 1.76. The van der Waals surface area contributed by atoms with Crippen LogP contribution in [0.4, 0.5) is 5.69 Å². The smallest absolute Gasteiger partial charge is 0.344 e. The van der Waals surface area contributed by atoms with E-state index in [4.69, 9.17) is 21.7 Å². The van der Waals surface area contributed by atoms with E-state index in [-0.39, 0.29) is 5.91 Å². The van der Waals surface area contributed by atoms with Crippen LogP contribution in [0.3, 0.4) is 0 Å². The van der Waals surface area contributed by atoms with E-state index in [0.717, 1.165) is 14.8 Å². The summed E-state index contributed by atoms with van der Waals surface area (Å²) in [7, 11) is 0. The molecule has 8 heteroatoms. The van der Waals surface area contributed by atoms with Crippen LogP contribution in [-0.4, -0.2) is 22.8 Å². The lowest BCUT2D eigenvalue weighted by Gasteiger charge is -2.14. The van der Waals surface area contributed by atoms with Gasteiger partial charge in [-0.1, -0.05) is 60.4 Å². The zero-order valence-electron chi connectivity index (χ0n) is 17.5. The van der Waals surface area contributed by atoms with E-state index in [0.29, 0.717) is 32.9 Å². The van der Waals surface area contributed by atoms with Crippen molar-refractivity contribution >= 4 is 74.5 Å². The highest BCUT2D eigenvalue weighted by Gasteiger charge is 2.33. The first-order valence-corrected chi connectivity index (χ1v) is 12.3. The Labute approximate surface area is 214 Å². The summed E-state index contributed by atoms with van der Waals surface area (Å²) in [6.45, 7) is 2.25. The van der Waals surface area contributed by atoms with E-state index in [1.54, 1.807) is 36.4 Å². The number of carbonyl (C=O) groups excluding carboxylic acids is 2. The molecule has 1 aliphatic rings. The van der Waals surface area contributed by atoms with Crippen LogP contribution in [0.15, 0.2) is 77.7 Å². The topological polar surface area (TPSA) is 55.8 Å². The first-order chi connectivity index (χ1) is 16.0. The predicted molar refractivity (Wildman–Crippen MR) is 144 cm³/mol. The van der Waals surface area contributed by atoms with Gasteiger partial charge in [-0.2, -0.15) is 0 Å². The predicted octanol–water partition coefficient (Wildman–Crippen LogP) is 6.31. The Morgan fingerprint density at radius 2 is 1.79 bits per heavy atom. The molecule has 5 nitrogen and oxygen atoms in total. The molecule has 3 aromatic rings. The summed E-state index contributed by atoms with van der Waals surface area (Å²) in [5.74, 6) is 0.0975. The van der Waals surface area contributed by atoms with Crippen molar-refractivity contribution in [2.24, 2.45) is 0 Å². The lowest BCUT2D eigenvalue weighted by Crippen LogP contribution is -2.27. The fourth-order valence-corrected chi connectivity index (χ4v) is 5.07. The van der Waals surface area contributed by atoms with Crippen LogP contribution < -0.4 is 14.4 Å². The van der Waals surface area contributed by atoms with E-state index in [1.165, 1.54) is 16.7 Å². The number of carbonyl (C=O) groups is 2. The SMILES string of the molecule is CCOc1cc(/C=C2\SC(=S)N(c3ccccc3)C2=O)ccc1OC(=O)c1ccccc1I. The van der Waals surface area contributed by atoms with E-state index >= 15 is 0 Å². The summed E-state index contributed by atoms with van der Waals surface area (Å²) in [6, 6.07) is 21.7. The van der Waals surface area contributed by atoms with Gasteiger partial charge >= 0.3 is 5.97 Å². The quantitative estimate of drug-likeness (QED) is 0.111. The Bertz CT molecular complexity index is 1260. The van der Waals surface area contributed by atoms with Crippen molar-refractivity contribution in [1.29, 1.82) is 0 Å². The molecular weight excluding hydrogens is 569 g/mol. The number of nitrogens with zero attached hydrogens (tertiary/aromatic N) is 1. The van der Waals surface area contributed by atoms with Crippen LogP contribution in [0, 0.1) is 3.57 Å². The van der Waals surface area contributed by atoms with Gasteiger partial charge in [-0.05, 0) is 77.6 Å². The molecule has 0 spiro atoms. The fourth-order valence-electron chi connectivity index (χ4n) is 3.17. The minimum atomic E-state index is -0.461. The highest BCUT2D eigenvalue weighted by molar-refractivity contribution is 14.1. The number of thioether (sulfide) groups is 1. The van der Waals surface area contributed by atoms with Gasteiger partial charge in [0.15, 0.2) is 15.8 Å². The summed E-state index contributed by atoms with van der Waals surface area (Å²) >= 11 is 8.77. The van der Waals surface area contributed by atoms with Crippen molar-refractivity contribution in [2.75, 3.05) is 11.5 Å². The molecule has 4 rings (SSSR count). The van der Waals surface area contributed by atoms with Crippen LogP contribution in [0.1, 0.15) is 22.8 Å². The molecule has 3 aromatic carbocycles. The van der Waals surface area contributed by atoms with Crippen LogP contribution in [0.2, 0.25) is 0 Å². The monoisotopic (exact) mass is 587 g/mol. The van der Waals surface area contributed by atoms with Gasteiger partial charge in [0.25, 0.3) is 5.91 Å². The van der Waals surface area contributed by atoms with Gasteiger partial charge in [-0.25, -0.2) is 4.79 Å². The highest BCUT2D eigenvalue weighted by Crippen LogP contribution is 2.37. The maximum atomic E-state index is 13.0. The van der Waals surface area contributed by atoms with Gasteiger partial charge in [0, 0.05) is 3.57 Å². The summed E-state index contributed by atoms with van der Waals surface area (Å²) in [5.41, 5.74) is 1.95. The maximum absolute atomic E-state index is 13.0. The summed E-state index contributed by atoms with van der Waals surface area (Å²) in [5, 5.41) is 0. The molecule has 1 saturated heterocycles. The molecule has 0 unspecified atom stereocenters. The third-order valence-electron chi connectivity index (χ3n) is 4.67. The van der Waals surface area contributed by atoms with E-state index in [2.05, 4.69) is 22.6 Å². The zero-order chi connectivity index (χ0) is 23.4. The molecule has 0 aliphatic carbocycles. The third-order valence-corrected chi connectivity index (χ3v) is 6.91. The van der Waals surface area contributed by atoms with Crippen molar-refractivity contribution in [3.63, 3.8) is 0 Å². The van der Waals surface area contributed by atoms with Gasteiger partial charge < -0.3 is 9.47 Å². The van der Waals surface area contributed by atoms with Gasteiger partial charge in [0.2, 0.25) is 0 Å². The number of amides is 1. The molecule has 1 fully saturated rings. The molecule has 0 N–H and O–H groups in total. The largest absolute Gasteiger partial charge is 0.490 e. The number of hydrogen-bond donors (Lipinski definition) is 0. The Morgan fingerprint density at radius 1 is 1.06 bits per heavy atom. The van der Waals surface area contributed by atoms with Crippen molar-refractivity contribution in [2.45, 2.75) is 6.92 Å². The van der Waals surface area contributed by atoms with E-state index < -0.39 is 5.97 Å². The Kier molecular flexibility index (Phi) is 7.46. The number of hydrogen-bond acceptors (Lipinski definition) is 6. The molecular formula is C25H18INO4S2. The summed E-state index contributed by atoms with van der Waals surface area (Å²) < 4.78 is 12.6. The van der Waals surface area contributed by atoms with Crippen molar-refractivity contribution < 1.29 is 19.1 Å². The molecule has 0 saturated carbocycles. The standard InChI is InChI=1S/C25H18INO4S2/c1-2-30-21-14-16(12-13-20(21)31-24(29)18-10-6-7-11-19(18)26)15-22-23(28)27(25(32)33-22)17-8-4-3-5-9-17/h3-15H,2H2,1H3/b22-15-. The maximum Gasteiger partial charge on any atom is 0.344 e. The minimum Gasteiger partial charge on any atom is -0.490 e. The van der Waals surface area contributed by atoms with Gasteiger partial charge in [0.05, 0.1) is 22.8 Å². The molecule has 33 heavy (non-hydrogen) atoms. The van der Waals surface area contributed by atoms with Gasteiger partial charge in [-0.15, -0.1) is 0 Å². The molecule has 1 aliphatic heterocycles. The number of benzene rings is 3. The Hall–Kier alpha value is -2.69. The van der Waals surface area contributed by atoms with Crippen LogP contribution in [-0.2, 0) is 4.79 Å². The Morgan fingerprint density at radius 3 is 2.52 bits per heavy atom. The number of halogens is 1. The normalized spacial score (nSPS) is 14.6. The van der Waals surface area contributed by atoms with E-state index in [1.807, 2.05) is 49.4 Å². The summed E-state index contributed by atoms with van der Waals surface area (Å²) in [4.78, 5) is 27.7. The van der Waals surface area contributed by atoms with Gasteiger partial charge in [0.1, 0.15) is 0 Å². The average Bonchev–Trinajstić information content (AvgIpc) is 3.09. The molecule has 0 atom stereocenters. The van der Waals surface area contributed by atoms with Crippen LogP contribution >= 0.6 is 46.6 Å². The fraction of sp³-hybridized carbons (Fsp3) is 0.0800. The second-order valence-electron chi connectivity index (χ2n) is 6.86. The number of esters is 1. The van der Waals surface area contributed by atoms with Crippen LogP contribution in [0.25, 0.3) is 6.08 Å². The van der Waals surface area contributed by atoms with Crippen molar-refractivity contribution in [1.82, 2.24) is 0 Å². The first-order valence-electron chi connectivity index (χ1n) is 10.0. The number of rotatable bonds is 6.